The summed E-state index contributed by atoms with van der Waals surface area (Å²) in [5, 5.41) is 8.97. The van der Waals surface area contributed by atoms with Crippen LogP contribution in [0.3, 0.4) is 0 Å². The summed E-state index contributed by atoms with van der Waals surface area (Å²) in [6, 6.07) is 19.1. The zero-order valence-electron chi connectivity index (χ0n) is 14.3. The Morgan fingerprint density at radius 3 is 2.15 bits per heavy atom. The Labute approximate surface area is 175 Å². The highest BCUT2D eigenvalue weighted by atomic mass is 79.9. The van der Waals surface area contributed by atoms with Gasteiger partial charge in [-0.1, -0.05) is 58.4 Å². The number of nitrogens with zero attached hydrogens (tertiary/aromatic N) is 2. The number of piperazine rings is 1. The molecule has 0 aliphatic carbocycles. The Morgan fingerprint density at radius 2 is 1.58 bits per heavy atom. The molecule has 1 atom stereocenters. The van der Waals surface area contributed by atoms with Crippen molar-refractivity contribution < 1.29 is 9.90 Å². The molecule has 0 radical (unpaired) electrons. The minimum Gasteiger partial charge on any atom is -0.480 e. The van der Waals surface area contributed by atoms with Gasteiger partial charge in [0.05, 0.1) is 12.6 Å². The minimum absolute atomic E-state index is 0. The van der Waals surface area contributed by atoms with E-state index in [1.807, 2.05) is 17.0 Å². The molecule has 2 aromatic rings. The predicted molar refractivity (Wildman–Crippen MR) is 113 cm³/mol. The maximum Gasteiger partial charge on any atom is 0.317 e. The second kappa shape index (κ2) is 10.9. The third-order valence-corrected chi connectivity index (χ3v) is 4.90. The van der Waals surface area contributed by atoms with Crippen LogP contribution in [0.2, 0.25) is 0 Å². The fourth-order valence-corrected chi connectivity index (χ4v) is 3.71. The SMILES string of the molecule is Cl.Cl.O=C(O)CN1CCN([C@@H](c2ccccc2)c2cccc(Br)c2)CC1. The van der Waals surface area contributed by atoms with Crippen molar-refractivity contribution in [3.05, 3.63) is 70.2 Å². The van der Waals surface area contributed by atoms with E-state index in [9.17, 15) is 4.79 Å². The first-order valence-corrected chi connectivity index (χ1v) is 8.91. The molecule has 4 nitrogen and oxygen atoms in total. The number of hydrogen-bond acceptors (Lipinski definition) is 3. The van der Waals surface area contributed by atoms with Crippen LogP contribution >= 0.6 is 40.7 Å². The predicted octanol–water partition coefficient (Wildman–Crippen LogP) is 4.08. The van der Waals surface area contributed by atoms with Crippen LogP contribution in [0, 0.1) is 0 Å². The summed E-state index contributed by atoms with van der Waals surface area (Å²) < 4.78 is 1.07. The molecule has 0 aromatic heterocycles. The van der Waals surface area contributed by atoms with Crippen LogP contribution in [-0.2, 0) is 4.79 Å². The highest BCUT2D eigenvalue weighted by molar-refractivity contribution is 9.10. The van der Waals surface area contributed by atoms with Crippen LogP contribution in [0.15, 0.2) is 59.1 Å². The normalized spacial score (nSPS) is 16.2. The zero-order valence-corrected chi connectivity index (χ0v) is 17.5. The molecule has 1 heterocycles. The number of hydrogen-bond donors (Lipinski definition) is 1. The largest absolute Gasteiger partial charge is 0.480 e. The molecule has 3 rings (SSSR count). The van der Waals surface area contributed by atoms with Crippen LogP contribution in [-0.4, -0.2) is 53.6 Å². The van der Waals surface area contributed by atoms with Gasteiger partial charge < -0.3 is 5.11 Å². The topological polar surface area (TPSA) is 43.8 Å². The van der Waals surface area contributed by atoms with E-state index in [2.05, 4.69) is 63.3 Å². The van der Waals surface area contributed by atoms with E-state index < -0.39 is 5.97 Å². The Balaban J connectivity index is 0.00000169. The van der Waals surface area contributed by atoms with Gasteiger partial charge >= 0.3 is 5.97 Å². The average molecular weight is 462 g/mol. The highest BCUT2D eigenvalue weighted by Gasteiger charge is 2.27. The molecule has 1 aliphatic rings. The highest BCUT2D eigenvalue weighted by Crippen LogP contribution is 2.31. The van der Waals surface area contributed by atoms with Crippen molar-refractivity contribution in [2.75, 3.05) is 32.7 Å². The standard InChI is InChI=1S/C19H21BrN2O2.2ClH/c20-17-8-4-7-16(13-17)19(15-5-2-1-3-6-15)22-11-9-21(10-12-22)14-18(23)24;;/h1-8,13,19H,9-12,14H2,(H,23,24);2*1H/t19-;;/m0../s1. The molecule has 0 bridgehead atoms. The van der Waals surface area contributed by atoms with Gasteiger partial charge in [0.1, 0.15) is 0 Å². The lowest BCUT2D eigenvalue weighted by molar-refractivity contribution is -0.138. The van der Waals surface area contributed by atoms with Gasteiger partial charge in [-0.05, 0) is 23.3 Å². The van der Waals surface area contributed by atoms with Gasteiger partial charge in [-0.3, -0.25) is 14.6 Å². The van der Waals surface area contributed by atoms with Gasteiger partial charge in [0, 0.05) is 30.7 Å². The molecule has 142 valence electrons. The summed E-state index contributed by atoms with van der Waals surface area (Å²) >= 11 is 3.57. The molecule has 0 amide bonds. The first kappa shape index (κ1) is 22.9. The Bertz CT molecular complexity index is 695. The van der Waals surface area contributed by atoms with Gasteiger partial charge in [0.25, 0.3) is 0 Å². The Kier molecular flexibility index (Phi) is 9.61. The van der Waals surface area contributed by atoms with Gasteiger partial charge in [0.2, 0.25) is 0 Å². The van der Waals surface area contributed by atoms with Crippen molar-refractivity contribution in [2.24, 2.45) is 0 Å². The van der Waals surface area contributed by atoms with Crippen LogP contribution in [0.5, 0.6) is 0 Å². The number of halogens is 3. The maximum atomic E-state index is 10.9. The molecule has 1 saturated heterocycles. The summed E-state index contributed by atoms with van der Waals surface area (Å²) in [7, 11) is 0. The Hall–Kier alpha value is -1.11. The lowest BCUT2D eigenvalue weighted by atomic mass is 9.96. The summed E-state index contributed by atoms with van der Waals surface area (Å²) in [4.78, 5) is 15.3. The number of aliphatic carboxylic acids is 1. The fraction of sp³-hybridized carbons (Fsp3) is 0.316. The van der Waals surface area contributed by atoms with E-state index in [1.54, 1.807) is 0 Å². The van der Waals surface area contributed by atoms with Crippen molar-refractivity contribution in [2.45, 2.75) is 6.04 Å². The van der Waals surface area contributed by atoms with Crippen LogP contribution in [0.25, 0.3) is 0 Å². The number of rotatable bonds is 5. The van der Waals surface area contributed by atoms with Crippen LogP contribution < -0.4 is 0 Å². The maximum absolute atomic E-state index is 10.9. The first-order valence-electron chi connectivity index (χ1n) is 8.12. The van der Waals surface area contributed by atoms with Gasteiger partial charge in [-0.15, -0.1) is 24.8 Å². The second-order valence-electron chi connectivity index (χ2n) is 6.07. The van der Waals surface area contributed by atoms with Crippen molar-refractivity contribution in [1.29, 1.82) is 0 Å². The quantitative estimate of drug-likeness (QED) is 0.728. The van der Waals surface area contributed by atoms with Crippen molar-refractivity contribution in [1.82, 2.24) is 9.80 Å². The van der Waals surface area contributed by atoms with Gasteiger partial charge in [-0.2, -0.15) is 0 Å². The van der Waals surface area contributed by atoms with Crippen LogP contribution in [0.1, 0.15) is 17.2 Å². The molecule has 1 fully saturated rings. The average Bonchev–Trinajstić information content (AvgIpc) is 2.57. The molecule has 0 unspecified atom stereocenters. The molecule has 0 saturated carbocycles. The van der Waals surface area contributed by atoms with E-state index in [-0.39, 0.29) is 37.4 Å². The zero-order chi connectivity index (χ0) is 16.9. The lowest BCUT2D eigenvalue weighted by Gasteiger charge is -2.39. The summed E-state index contributed by atoms with van der Waals surface area (Å²) in [5.74, 6) is -0.755. The molecular formula is C19H23BrCl2N2O2. The number of benzene rings is 2. The third kappa shape index (κ3) is 5.96. The first-order chi connectivity index (χ1) is 11.6. The summed E-state index contributed by atoms with van der Waals surface area (Å²) in [5.41, 5.74) is 2.52. The smallest absolute Gasteiger partial charge is 0.317 e. The van der Waals surface area contributed by atoms with Crippen LogP contribution in [0.4, 0.5) is 0 Å². The monoisotopic (exact) mass is 460 g/mol. The lowest BCUT2D eigenvalue weighted by Crippen LogP contribution is -2.49. The molecular weight excluding hydrogens is 439 g/mol. The molecule has 2 aromatic carbocycles. The number of carboxylic acid groups (broad SMARTS) is 1. The third-order valence-electron chi connectivity index (χ3n) is 4.41. The fourth-order valence-electron chi connectivity index (χ4n) is 3.30. The molecule has 7 heteroatoms. The van der Waals surface area contributed by atoms with E-state index in [0.29, 0.717) is 0 Å². The van der Waals surface area contributed by atoms with Gasteiger partial charge in [-0.25, -0.2) is 0 Å². The Morgan fingerprint density at radius 1 is 0.962 bits per heavy atom. The number of carboxylic acids is 1. The van der Waals surface area contributed by atoms with Crippen molar-refractivity contribution in [3.8, 4) is 0 Å². The molecule has 1 N–H and O–H groups in total. The summed E-state index contributed by atoms with van der Waals surface area (Å²) in [6.45, 7) is 3.41. The van der Waals surface area contributed by atoms with E-state index >= 15 is 0 Å². The molecule has 26 heavy (non-hydrogen) atoms. The minimum atomic E-state index is -0.755. The van der Waals surface area contributed by atoms with E-state index in [4.69, 9.17) is 5.11 Å². The van der Waals surface area contributed by atoms with Crippen molar-refractivity contribution >= 4 is 46.7 Å². The van der Waals surface area contributed by atoms with E-state index in [0.717, 1.165) is 30.7 Å². The van der Waals surface area contributed by atoms with Gasteiger partial charge in [0.15, 0.2) is 0 Å². The second-order valence-corrected chi connectivity index (χ2v) is 6.99. The van der Waals surface area contributed by atoms with Crippen molar-refractivity contribution in [3.63, 3.8) is 0 Å². The van der Waals surface area contributed by atoms with E-state index in [1.165, 1.54) is 11.1 Å². The molecule has 0 spiro atoms. The summed E-state index contributed by atoms with van der Waals surface area (Å²) in [6.07, 6.45) is 0. The molecule has 1 aliphatic heterocycles. The number of carbonyl (C=O) groups is 1.